The average Bonchev–Trinajstić information content (AvgIpc) is 2.29. The third-order valence-corrected chi connectivity index (χ3v) is 2.77. The van der Waals surface area contributed by atoms with Gasteiger partial charge in [0.25, 0.3) is 0 Å². The van der Waals surface area contributed by atoms with Crippen LogP contribution in [-0.2, 0) is 16.1 Å². The Balaban J connectivity index is 1.71. The van der Waals surface area contributed by atoms with Crippen molar-refractivity contribution in [3.63, 3.8) is 0 Å². The molecule has 0 aromatic heterocycles. The Hall–Kier alpha value is -0.940. The van der Waals surface area contributed by atoms with Gasteiger partial charge in [-0.2, -0.15) is 0 Å². The molecule has 1 saturated heterocycles. The molecule has 0 radical (unpaired) electrons. The molecule has 94 valence electrons. The second-order valence-electron chi connectivity index (χ2n) is 4.34. The Morgan fingerprint density at radius 2 is 1.94 bits per heavy atom. The Labute approximate surface area is 101 Å². The van der Waals surface area contributed by atoms with Crippen LogP contribution in [0.15, 0.2) is 30.3 Å². The molecular weight excluding hydrogens is 220 g/mol. The summed E-state index contributed by atoms with van der Waals surface area (Å²) in [5.41, 5.74) is 1.10. The number of benzene rings is 1. The van der Waals surface area contributed by atoms with Crippen LogP contribution in [0, 0.1) is 0 Å². The number of aliphatic hydroxyl groups is 2. The summed E-state index contributed by atoms with van der Waals surface area (Å²) in [4.78, 5) is 0. The first-order chi connectivity index (χ1) is 8.24. The van der Waals surface area contributed by atoms with Crippen LogP contribution in [0.25, 0.3) is 0 Å². The minimum absolute atomic E-state index is 0.225. The molecule has 0 amide bonds. The summed E-state index contributed by atoms with van der Waals surface area (Å²) in [6, 6.07) is 9.87. The summed E-state index contributed by atoms with van der Waals surface area (Å²) < 4.78 is 10.8. The molecular formula is C13H18O4. The summed E-state index contributed by atoms with van der Waals surface area (Å²) >= 11 is 0. The van der Waals surface area contributed by atoms with Crippen molar-refractivity contribution < 1.29 is 19.7 Å². The molecule has 0 aliphatic carbocycles. The lowest BCUT2D eigenvalue weighted by Crippen LogP contribution is -2.37. The van der Waals surface area contributed by atoms with Crippen LogP contribution in [0.1, 0.15) is 18.4 Å². The number of rotatable bonds is 4. The Morgan fingerprint density at radius 3 is 2.65 bits per heavy atom. The van der Waals surface area contributed by atoms with Crippen LogP contribution in [0.4, 0.5) is 0 Å². The molecule has 0 unspecified atom stereocenters. The summed E-state index contributed by atoms with van der Waals surface area (Å²) in [7, 11) is 0. The third-order valence-electron chi connectivity index (χ3n) is 2.77. The van der Waals surface area contributed by atoms with Gasteiger partial charge in [-0.1, -0.05) is 30.3 Å². The molecule has 4 heteroatoms. The topological polar surface area (TPSA) is 58.9 Å². The van der Waals surface area contributed by atoms with Gasteiger partial charge in [-0.3, -0.25) is 0 Å². The molecule has 1 aromatic carbocycles. The summed E-state index contributed by atoms with van der Waals surface area (Å²) in [6.07, 6.45) is -0.785. The van der Waals surface area contributed by atoms with Gasteiger partial charge in [0, 0.05) is 12.8 Å². The maximum absolute atomic E-state index is 9.47. The van der Waals surface area contributed by atoms with Gasteiger partial charge in [-0.05, 0) is 5.56 Å². The number of hydrogen-bond acceptors (Lipinski definition) is 4. The van der Waals surface area contributed by atoms with Crippen LogP contribution in [0.3, 0.4) is 0 Å². The standard InChI is InChI=1S/C13H18O4/c14-11-6-12(17-13(15)7-11)9-16-8-10-4-2-1-3-5-10/h1-5,11-15H,6-9H2/t11-,12+,13-/m0/s1. The van der Waals surface area contributed by atoms with E-state index < -0.39 is 12.4 Å². The van der Waals surface area contributed by atoms with E-state index in [4.69, 9.17) is 9.47 Å². The van der Waals surface area contributed by atoms with Crippen LogP contribution >= 0.6 is 0 Å². The fourth-order valence-corrected chi connectivity index (χ4v) is 1.96. The van der Waals surface area contributed by atoms with Crippen molar-refractivity contribution in [1.82, 2.24) is 0 Å². The lowest BCUT2D eigenvalue weighted by atomic mass is 10.1. The zero-order valence-corrected chi connectivity index (χ0v) is 9.66. The molecule has 17 heavy (non-hydrogen) atoms. The first-order valence-electron chi connectivity index (χ1n) is 5.87. The molecule has 1 heterocycles. The molecule has 1 aliphatic rings. The molecule has 1 aliphatic heterocycles. The van der Waals surface area contributed by atoms with Crippen molar-refractivity contribution in [2.45, 2.75) is 37.9 Å². The van der Waals surface area contributed by atoms with Gasteiger partial charge in [-0.15, -0.1) is 0 Å². The second kappa shape index (κ2) is 6.12. The van der Waals surface area contributed by atoms with Crippen LogP contribution in [-0.4, -0.2) is 35.3 Å². The summed E-state index contributed by atoms with van der Waals surface area (Å²) in [5.74, 6) is 0. The van der Waals surface area contributed by atoms with Crippen molar-refractivity contribution in [3.8, 4) is 0 Å². The maximum Gasteiger partial charge on any atom is 0.157 e. The van der Waals surface area contributed by atoms with Crippen LogP contribution in [0.5, 0.6) is 0 Å². The fourth-order valence-electron chi connectivity index (χ4n) is 1.96. The second-order valence-corrected chi connectivity index (χ2v) is 4.34. The van der Waals surface area contributed by atoms with E-state index >= 15 is 0 Å². The predicted octanol–water partition coefficient (Wildman–Crippen LogP) is 1.06. The van der Waals surface area contributed by atoms with E-state index in [1.165, 1.54) is 0 Å². The molecule has 0 saturated carbocycles. The minimum Gasteiger partial charge on any atom is -0.393 e. The van der Waals surface area contributed by atoms with Crippen molar-refractivity contribution in [2.24, 2.45) is 0 Å². The molecule has 2 rings (SSSR count). The largest absolute Gasteiger partial charge is 0.393 e. The number of hydrogen-bond donors (Lipinski definition) is 2. The van der Waals surface area contributed by atoms with Gasteiger partial charge in [0.2, 0.25) is 0 Å². The van der Waals surface area contributed by atoms with Gasteiger partial charge in [-0.25, -0.2) is 0 Å². The van der Waals surface area contributed by atoms with Crippen LogP contribution < -0.4 is 0 Å². The zero-order valence-electron chi connectivity index (χ0n) is 9.66. The Morgan fingerprint density at radius 1 is 1.18 bits per heavy atom. The van der Waals surface area contributed by atoms with Crippen molar-refractivity contribution in [1.29, 1.82) is 0 Å². The average molecular weight is 238 g/mol. The molecule has 0 bridgehead atoms. The predicted molar refractivity (Wildman–Crippen MR) is 62.2 cm³/mol. The van der Waals surface area contributed by atoms with E-state index in [-0.39, 0.29) is 12.5 Å². The van der Waals surface area contributed by atoms with E-state index in [9.17, 15) is 10.2 Å². The highest BCUT2D eigenvalue weighted by Crippen LogP contribution is 2.18. The maximum atomic E-state index is 9.47. The van der Waals surface area contributed by atoms with Gasteiger partial charge >= 0.3 is 0 Å². The highest BCUT2D eigenvalue weighted by atomic mass is 16.6. The van der Waals surface area contributed by atoms with Crippen molar-refractivity contribution >= 4 is 0 Å². The number of aliphatic hydroxyl groups excluding tert-OH is 2. The third kappa shape index (κ3) is 4.09. The smallest absolute Gasteiger partial charge is 0.157 e. The molecule has 1 aromatic rings. The highest BCUT2D eigenvalue weighted by molar-refractivity contribution is 5.13. The summed E-state index contributed by atoms with van der Waals surface area (Å²) in [6.45, 7) is 0.913. The Kier molecular flexibility index (Phi) is 4.50. The Bertz CT molecular complexity index is 317. The van der Waals surface area contributed by atoms with E-state index in [1.54, 1.807) is 0 Å². The lowest BCUT2D eigenvalue weighted by Gasteiger charge is -2.30. The molecule has 2 N–H and O–H groups in total. The first-order valence-corrected chi connectivity index (χ1v) is 5.87. The fraction of sp³-hybridized carbons (Fsp3) is 0.538. The number of ether oxygens (including phenoxy) is 2. The molecule has 4 nitrogen and oxygen atoms in total. The summed E-state index contributed by atoms with van der Waals surface area (Å²) in [5, 5.41) is 18.8. The van der Waals surface area contributed by atoms with E-state index in [2.05, 4.69) is 0 Å². The van der Waals surface area contributed by atoms with Gasteiger partial charge in [0.15, 0.2) is 6.29 Å². The van der Waals surface area contributed by atoms with Crippen molar-refractivity contribution in [3.05, 3.63) is 35.9 Å². The quantitative estimate of drug-likeness (QED) is 0.823. The van der Waals surface area contributed by atoms with Crippen LogP contribution in [0.2, 0.25) is 0 Å². The zero-order chi connectivity index (χ0) is 12.1. The minimum atomic E-state index is -0.871. The van der Waals surface area contributed by atoms with E-state index in [0.717, 1.165) is 5.56 Å². The van der Waals surface area contributed by atoms with Crippen molar-refractivity contribution in [2.75, 3.05) is 6.61 Å². The SMILES string of the molecule is O[C@H]1C[C@H](COCc2ccccc2)O[C@H](O)C1. The highest BCUT2D eigenvalue weighted by Gasteiger charge is 2.26. The van der Waals surface area contributed by atoms with Gasteiger partial charge in [0.05, 0.1) is 25.4 Å². The molecule has 1 fully saturated rings. The van der Waals surface area contributed by atoms with Gasteiger partial charge < -0.3 is 19.7 Å². The van der Waals surface area contributed by atoms with E-state index in [1.807, 2.05) is 30.3 Å². The first kappa shape index (κ1) is 12.5. The van der Waals surface area contributed by atoms with E-state index in [0.29, 0.717) is 19.6 Å². The monoisotopic (exact) mass is 238 g/mol. The molecule has 3 atom stereocenters. The normalized spacial score (nSPS) is 29.2. The van der Waals surface area contributed by atoms with Gasteiger partial charge in [0.1, 0.15) is 0 Å². The lowest BCUT2D eigenvalue weighted by molar-refractivity contribution is -0.202. The molecule has 0 spiro atoms.